The van der Waals surface area contributed by atoms with Crippen LogP contribution in [-0.4, -0.2) is 29.9 Å². The van der Waals surface area contributed by atoms with Crippen molar-refractivity contribution < 1.29 is 22.8 Å². The number of benzene rings is 1. The molecule has 0 saturated carbocycles. The zero-order chi connectivity index (χ0) is 21.3. The van der Waals surface area contributed by atoms with Crippen LogP contribution in [0, 0.1) is 6.92 Å². The smallest absolute Gasteiger partial charge is 0.385 e. The summed E-state index contributed by atoms with van der Waals surface area (Å²) in [6, 6.07) is 5.61. The molecule has 0 bridgehead atoms. The first-order valence-corrected chi connectivity index (χ1v) is 9.14. The molecule has 1 fully saturated rings. The molecule has 1 saturated heterocycles. The highest BCUT2D eigenvalue weighted by molar-refractivity contribution is 6.34. The van der Waals surface area contributed by atoms with E-state index in [9.17, 15) is 22.8 Å². The Hall–Kier alpha value is -2.81. The molecule has 2 amide bonds. The third-order valence-corrected chi connectivity index (χ3v) is 4.87. The Labute approximate surface area is 170 Å². The van der Waals surface area contributed by atoms with Gasteiger partial charge in [0.2, 0.25) is 11.8 Å². The maximum Gasteiger partial charge on any atom is 0.416 e. The van der Waals surface area contributed by atoms with Gasteiger partial charge in [-0.3, -0.25) is 14.5 Å². The standard InChI is InChI=1S/C19H18ClF3N4O2/c1-10-8-11(19(21,22)23)9-15(25-10)27-14(6-7-16(27)28)18(29)26-13-5-3-4-12(20)17(13)24-2/h3-5,8-9,14,24H,6-7H2,1-2H3,(H,26,29)/t14-/m0/s1. The predicted molar refractivity (Wildman–Crippen MR) is 104 cm³/mol. The van der Waals surface area contributed by atoms with E-state index in [2.05, 4.69) is 15.6 Å². The van der Waals surface area contributed by atoms with Gasteiger partial charge in [-0.1, -0.05) is 17.7 Å². The fraction of sp³-hybridized carbons (Fsp3) is 0.316. The van der Waals surface area contributed by atoms with Gasteiger partial charge in [0.05, 0.1) is 22.0 Å². The van der Waals surface area contributed by atoms with Gasteiger partial charge in [0.25, 0.3) is 0 Å². The van der Waals surface area contributed by atoms with Crippen molar-refractivity contribution >= 4 is 40.6 Å². The van der Waals surface area contributed by atoms with Crippen molar-refractivity contribution in [2.45, 2.75) is 32.0 Å². The van der Waals surface area contributed by atoms with Gasteiger partial charge < -0.3 is 10.6 Å². The zero-order valence-corrected chi connectivity index (χ0v) is 16.4. The van der Waals surface area contributed by atoms with E-state index in [1.165, 1.54) is 6.92 Å². The summed E-state index contributed by atoms with van der Waals surface area (Å²) in [5.74, 6) is -1.19. The number of alkyl halides is 3. The first-order chi connectivity index (χ1) is 13.6. The Bertz CT molecular complexity index is 965. The Balaban J connectivity index is 1.93. The van der Waals surface area contributed by atoms with Gasteiger partial charge >= 0.3 is 6.18 Å². The number of hydrogen-bond donors (Lipinski definition) is 2. The topological polar surface area (TPSA) is 74.3 Å². The maximum atomic E-state index is 13.2. The van der Waals surface area contributed by atoms with Crippen LogP contribution >= 0.6 is 11.6 Å². The number of hydrogen-bond acceptors (Lipinski definition) is 4. The van der Waals surface area contributed by atoms with E-state index in [4.69, 9.17) is 11.6 Å². The minimum Gasteiger partial charge on any atom is -0.385 e. The molecule has 1 atom stereocenters. The number of halogens is 4. The summed E-state index contributed by atoms with van der Waals surface area (Å²) < 4.78 is 39.5. The van der Waals surface area contributed by atoms with Gasteiger partial charge in [-0.15, -0.1) is 0 Å². The Morgan fingerprint density at radius 3 is 2.69 bits per heavy atom. The van der Waals surface area contributed by atoms with E-state index in [1.807, 2.05) is 0 Å². The Kier molecular flexibility index (Phi) is 5.70. The van der Waals surface area contributed by atoms with Crippen molar-refractivity contribution in [1.29, 1.82) is 0 Å². The number of rotatable bonds is 4. The molecule has 2 heterocycles. The number of pyridine rings is 1. The van der Waals surface area contributed by atoms with Gasteiger partial charge in [0.15, 0.2) is 0 Å². The van der Waals surface area contributed by atoms with Crippen LogP contribution in [0.25, 0.3) is 0 Å². The first-order valence-electron chi connectivity index (χ1n) is 8.77. The van der Waals surface area contributed by atoms with Crippen LogP contribution in [0.1, 0.15) is 24.1 Å². The van der Waals surface area contributed by atoms with Crippen LogP contribution in [0.2, 0.25) is 5.02 Å². The molecule has 154 valence electrons. The fourth-order valence-corrected chi connectivity index (χ4v) is 3.52. The van der Waals surface area contributed by atoms with Crippen LogP contribution < -0.4 is 15.5 Å². The second-order valence-electron chi connectivity index (χ2n) is 6.57. The van der Waals surface area contributed by atoms with E-state index in [1.54, 1.807) is 25.2 Å². The fourth-order valence-electron chi connectivity index (χ4n) is 3.26. The van der Waals surface area contributed by atoms with Gasteiger partial charge in [0, 0.05) is 19.2 Å². The van der Waals surface area contributed by atoms with E-state index in [0.29, 0.717) is 16.4 Å². The largest absolute Gasteiger partial charge is 0.416 e. The average Bonchev–Trinajstić information content (AvgIpc) is 3.02. The summed E-state index contributed by atoms with van der Waals surface area (Å²) in [4.78, 5) is 30.3. The lowest BCUT2D eigenvalue weighted by Crippen LogP contribution is -2.42. The lowest BCUT2D eigenvalue weighted by Gasteiger charge is -2.25. The van der Waals surface area contributed by atoms with E-state index >= 15 is 0 Å². The summed E-state index contributed by atoms with van der Waals surface area (Å²) in [7, 11) is 1.64. The zero-order valence-electron chi connectivity index (χ0n) is 15.6. The highest BCUT2D eigenvalue weighted by Gasteiger charge is 2.40. The number of amides is 2. The van der Waals surface area contributed by atoms with Gasteiger partial charge in [-0.05, 0) is 37.6 Å². The minimum absolute atomic E-state index is 0.0312. The molecule has 0 aliphatic carbocycles. The second-order valence-corrected chi connectivity index (χ2v) is 6.98. The summed E-state index contributed by atoms with van der Waals surface area (Å²) in [5.41, 5.74) is 0.0658. The first kappa shape index (κ1) is 20.9. The lowest BCUT2D eigenvalue weighted by atomic mass is 10.1. The van der Waals surface area contributed by atoms with E-state index in [0.717, 1.165) is 17.0 Å². The SMILES string of the molecule is CNc1c(Cl)cccc1NC(=O)[C@@H]1CCC(=O)N1c1cc(C(F)(F)F)cc(C)n1. The molecule has 3 rings (SSSR count). The molecule has 6 nitrogen and oxygen atoms in total. The molecule has 0 radical (unpaired) electrons. The number of anilines is 3. The Morgan fingerprint density at radius 1 is 1.31 bits per heavy atom. The molecule has 1 aliphatic heterocycles. The molecule has 1 aliphatic rings. The number of nitrogens with zero attached hydrogens (tertiary/aromatic N) is 2. The third-order valence-electron chi connectivity index (χ3n) is 4.55. The summed E-state index contributed by atoms with van der Waals surface area (Å²) >= 11 is 6.10. The molecule has 1 aromatic carbocycles. The van der Waals surface area contributed by atoms with Gasteiger partial charge in [0.1, 0.15) is 11.9 Å². The second kappa shape index (κ2) is 7.90. The van der Waals surface area contributed by atoms with Crippen LogP contribution in [-0.2, 0) is 15.8 Å². The summed E-state index contributed by atoms with van der Waals surface area (Å²) in [6.07, 6.45) is -4.40. The number of aromatic nitrogens is 1. The number of carbonyl (C=O) groups excluding carboxylic acids is 2. The van der Waals surface area contributed by atoms with Gasteiger partial charge in [-0.2, -0.15) is 13.2 Å². The molecule has 2 aromatic rings. The van der Waals surface area contributed by atoms with Crippen molar-refractivity contribution in [1.82, 2.24) is 4.98 Å². The molecule has 2 N–H and O–H groups in total. The number of carbonyl (C=O) groups is 2. The van der Waals surface area contributed by atoms with Crippen LogP contribution in [0.15, 0.2) is 30.3 Å². The van der Waals surface area contributed by atoms with Crippen molar-refractivity contribution in [3.05, 3.63) is 46.6 Å². The predicted octanol–water partition coefficient (Wildman–Crippen LogP) is 4.24. The number of para-hydroxylation sites is 1. The molecular formula is C19H18ClF3N4O2. The van der Waals surface area contributed by atoms with Crippen LogP contribution in [0.3, 0.4) is 0 Å². The molecule has 10 heteroatoms. The molecule has 1 aromatic heterocycles. The normalized spacial score (nSPS) is 16.8. The minimum atomic E-state index is -4.59. The van der Waals surface area contributed by atoms with E-state index in [-0.39, 0.29) is 24.4 Å². The van der Waals surface area contributed by atoms with Crippen molar-refractivity contribution in [3.63, 3.8) is 0 Å². The van der Waals surface area contributed by atoms with Crippen molar-refractivity contribution in [2.75, 3.05) is 22.6 Å². The maximum absolute atomic E-state index is 13.2. The molecule has 0 spiro atoms. The summed E-state index contributed by atoms with van der Waals surface area (Å²) in [6.45, 7) is 1.40. The molecule has 29 heavy (non-hydrogen) atoms. The highest BCUT2D eigenvalue weighted by atomic mass is 35.5. The van der Waals surface area contributed by atoms with Crippen LogP contribution in [0.5, 0.6) is 0 Å². The monoisotopic (exact) mass is 426 g/mol. The van der Waals surface area contributed by atoms with Crippen molar-refractivity contribution in [3.8, 4) is 0 Å². The summed E-state index contributed by atoms with van der Waals surface area (Å²) in [5, 5.41) is 5.96. The van der Waals surface area contributed by atoms with E-state index < -0.39 is 29.6 Å². The molecular weight excluding hydrogens is 409 g/mol. The van der Waals surface area contributed by atoms with Gasteiger partial charge in [-0.25, -0.2) is 4.98 Å². The quantitative estimate of drug-likeness (QED) is 0.767. The van der Waals surface area contributed by atoms with Crippen LogP contribution in [0.4, 0.5) is 30.4 Å². The average molecular weight is 427 g/mol. The highest BCUT2D eigenvalue weighted by Crippen LogP contribution is 2.35. The lowest BCUT2D eigenvalue weighted by molar-refractivity contribution is -0.137. The Morgan fingerprint density at radius 2 is 2.03 bits per heavy atom. The van der Waals surface area contributed by atoms with Crippen molar-refractivity contribution in [2.24, 2.45) is 0 Å². The number of nitrogens with one attached hydrogen (secondary N) is 2. The molecule has 0 unspecified atom stereocenters. The number of aryl methyl sites for hydroxylation is 1. The third kappa shape index (κ3) is 4.29.